The van der Waals surface area contributed by atoms with Crippen LogP contribution in [0.4, 0.5) is 0 Å². The van der Waals surface area contributed by atoms with Crippen molar-refractivity contribution in [3.63, 3.8) is 0 Å². The highest BCUT2D eigenvalue weighted by molar-refractivity contribution is 9.10. The SMILES string of the molecule is C[C@H](c1ccccc1)N1C[C@H](O)Cn2c(c3n(c2=O)CCN(C(=O)c2ccc(Br)c(Cl)c2)C3)C1=O. The molecule has 2 aliphatic heterocycles. The zero-order valence-corrected chi connectivity index (χ0v) is 21.4. The van der Waals surface area contributed by atoms with Crippen LogP contribution < -0.4 is 5.69 Å². The van der Waals surface area contributed by atoms with E-state index in [2.05, 4.69) is 15.9 Å². The van der Waals surface area contributed by atoms with Crippen molar-refractivity contribution in [2.45, 2.75) is 38.7 Å². The molecule has 2 aromatic carbocycles. The van der Waals surface area contributed by atoms with Crippen molar-refractivity contribution in [3.05, 3.63) is 91.0 Å². The number of aliphatic hydroxyl groups excluding tert-OH is 1. The minimum atomic E-state index is -0.892. The van der Waals surface area contributed by atoms with Gasteiger partial charge in [-0.3, -0.25) is 18.7 Å². The number of rotatable bonds is 3. The monoisotopic (exact) mass is 558 g/mol. The molecule has 2 aliphatic rings. The van der Waals surface area contributed by atoms with Gasteiger partial charge in [0.25, 0.3) is 11.8 Å². The van der Waals surface area contributed by atoms with Gasteiger partial charge < -0.3 is 14.9 Å². The molecule has 2 atom stereocenters. The Labute approximate surface area is 215 Å². The second-order valence-corrected chi connectivity index (χ2v) is 10.2. The van der Waals surface area contributed by atoms with E-state index in [4.69, 9.17) is 11.6 Å². The van der Waals surface area contributed by atoms with E-state index in [1.165, 1.54) is 4.57 Å². The van der Waals surface area contributed by atoms with Crippen molar-refractivity contribution in [1.82, 2.24) is 18.9 Å². The molecule has 0 fully saturated rings. The number of aliphatic hydroxyl groups is 1. The smallest absolute Gasteiger partial charge is 0.329 e. The van der Waals surface area contributed by atoms with Crippen LogP contribution in [0.25, 0.3) is 0 Å². The summed E-state index contributed by atoms with van der Waals surface area (Å²) in [6.07, 6.45) is -0.892. The standard InChI is InChI=1S/C25H24BrClN4O4/c1-15(16-5-3-2-4-6-16)30-12-18(32)13-31-22(24(30)34)21-14-28(9-10-29(21)25(31)35)23(33)17-7-8-19(26)20(27)11-17/h2-8,11,15,18,32H,9-10,12-14H2,1H3/t15-,18+/m1/s1. The third kappa shape index (κ3) is 4.22. The number of carbonyl (C=O) groups is 2. The maximum absolute atomic E-state index is 13.8. The van der Waals surface area contributed by atoms with Crippen LogP contribution in [0.15, 0.2) is 57.8 Å². The number of benzene rings is 2. The molecule has 0 bridgehead atoms. The van der Waals surface area contributed by atoms with E-state index in [0.29, 0.717) is 27.3 Å². The highest BCUT2D eigenvalue weighted by atomic mass is 79.9. The van der Waals surface area contributed by atoms with Gasteiger partial charge in [-0.15, -0.1) is 0 Å². The minimum absolute atomic E-state index is 0.0220. The number of hydrogen-bond acceptors (Lipinski definition) is 4. The van der Waals surface area contributed by atoms with Gasteiger partial charge in [0.15, 0.2) is 0 Å². The van der Waals surface area contributed by atoms with Crippen LogP contribution in [-0.2, 0) is 19.6 Å². The lowest BCUT2D eigenvalue weighted by atomic mass is 10.1. The average Bonchev–Trinajstić information content (AvgIpc) is 3.05. The van der Waals surface area contributed by atoms with E-state index in [-0.39, 0.29) is 55.4 Å². The summed E-state index contributed by atoms with van der Waals surface area (Å²) in [6, 6.07) is 14.3. The van der Waals surface area contributed by atoms with Gasteiger partial charge in [-0.1, -0.05) is 41.9 Å². The van der Waals surface area contributed by atoms with Crippen molar-refractivity contribution in [2.75, 3.05) is 13.1 Å². The Balaban J connectivity index is 1.52. The summed E-state index contributed by atoms with van der Waals surface area (Å²) in [5.41, 5.74) is 1.75. The lowest BCUT2D eigenvalue weighted by Gasteiger charge is -2.31. The van der Waals surface area contributed by atoms with Gasteiger partial charge in [0.1, 0.15) is 5.69 Å². The normalized spacial score (nSPS) is 18.6. The third-order valence-electron chi connectivity index (χ3n) is 6.73. The van der Waals surface area contributed by atoms with Gasteiger partial charge in [0, 0.05) is 29.7 Å². The second-order valence-electron chi connectivity index (χ2n) is 8.89. The van der Waals surface area contributed by atoms with Gasteiger partial charge >= 0.3 is 5.69 Å². The first-order chi connectivity index (χ1) is 16.8. The lowest BCUT2D eigenvalue weighted by molar-refractivity contribution is 0.0545. The molecule has 3 heterocycles. The van der Waals surface area contributed by atoms with Crippen LogP contribution in [0.5, 0.6) is 0 Å². The molecule has 0 radical (unpaired) electrons. The fourth-order valence-corrected chi connectivity index (χ4v) is 5.29. The summed E-state index contributed by atoms with van der Waals surface area (Å²) in [5.74, 6) is -0.557. The van der Waals surface area contributed by atoms with Crippen LogP contribution in [0.3, 0.4) is 0 Å². The van der Waals surface area contributed by atoms with Crippen LogP contribution in [0.1, 0.15) is 45.1 Å². The summed E-state index contributed by atoms with van der Waals surface area (Å²) in [5, 5.41) is 11.1. The molecule has 10 heteroatoms. The molecule has 0 saturated carbocycles. The number of amides is 2. The molecule has 182 valence electrons. The van der Waals surface area contributed by atoms with Crippen LogP contribution in [-0.4, -0.2) is 55.0 Å². The Morgan fingerprint density at radius 1 is 1.09 bits per heavy atom. The summed E-state index contributed by atoms with van der Waals surface area (Å²) in [7, 11) is 0. The molecular weight excluding hydrogens is 536 g/mol. The Morgan fingerprint density at radius 3 is 2.54 bits per heavy atom. The number of halogens is 2. The number of imidazole rings is 1. The van der Waals surface area contributed by atoms with Crippen LogP contribution in [0, 0.1) is 0 Å². The number of aromatic nitrogens is 2. The number of fused-ring (bicyclic) bond motifs is 3. The number of carbonyl (C=O) groups excluding carboxylic acids is 2. The zero-order chi connectivity index (χ0) is 24.9. The molecule has 2 amide bonds. The molecule has 0 saturated heterocycles. The van der Waals surface area contributed by atoms with Gasteiger partial charge in [-0.25, -0.2) is 4.79 Å². The highest BCUT2D eigenvalue weighted by Gasteiger charge is 2.38. The zero-order valence-electron chi connectivity index (χ0n) is 19.0. The Hall–Kier alpha value is -2.88. The van der Waals surface area contributed by atoms with E-state index in [1.807, 2.05) is 37.3 Å². The van der Waals surface area contributed by atoms with Crippen molar-refractivity contribution >= 4 is 39.3 Å². The largest absolute Gasteiger partial charge is 0.389 e. The average molecular weight is 560 g/mol. The van der Waals surface area contributed by atoms with Crippen molar-refractivity contribution < 1.29 is 14.7 Å². The molecule has 3 aromatic rings. The maximum Gasteiger partial charge on any atom is 0.329 e. The van der Waals surface area contributed by atoms with Crippen LogP contribution >= 0.6 is 27.5 Å². The van der Waals surface area contributed by atoms with Gasteiger partial charge in [-0.05, 0) is 46.6 Å². The van der Waals surface area contributed by atoms with E-state index >= 15 is 0 Å². The minimum Gasteiger partial charge on any atom is -0.389 e. The molecule has 8 nitrogen and oxygen atoms in total. The first kappa shape index (κ1) is 23.8. The van der Waals surface area contributed by atoms with E-state index in [1.54, 1.807) is 32.6 Å². The van der Waals surface area contributed by atoms with E-state index in [9.17, 15) is 19.5 Å². The fourth-order valence-electron chi connectivity index (χ4n) is 4.87. The molecule has 0 unspecified atom stereocenters. The molecule has 35 heavy (non-hydrogen) atoms. The third-order valence-corrected chi connectivity index (χ3v) is 7.96. The fraction of sp³-hybridized carbons (Fsp3) is 0.320. The van der Waals surface area contributed by atoms with Crippen molar-refractivity contribution in [3.8, 4) is 0 Å². The molecule has 1 aromatic heterocycles. The topological polar surface area (TPSA) is 87.8 Å². The quantitative estimate of drug-likeness (QED) is 0.534. The Bertz CT molecular complexity index is 1370. The summed E-state index contributed by atoms with van der Waals surface area (Å²) >= 11 is 9.52. The van der Waals surface area contributed by atoms with Crippen molar-refractivity contribution in [2.24, 2.45) is 0 Å². The predicted octanol–water partition coefficient (Wildman–Crippen LogP) is 3.30. The Kier molecular flexibility index (Phi) is 6.33. The second kappa shape index (κ2) is 9.29. The number of nitrogens with zero attached hydrogens (tertiary/aromatic N) is 4. The maximum atomic E-state index is 13.8. The number of β-amino-alcohol motifs (C(OH)–C–C–N with tert-alkyl or cyclic N) is 1. The molecular formula is C25H24BrClN4O4. The van der Waals surface area contributed by atoms with E-state index < -0.39 is 6.10 Å². The first-order valence-electron chi connectivity index (χ1n) is 11.4. The van der Waals surface area contributed by atoms with Gasteiger partial charge in [0.05, 0.1) is 36.0 Å². The molecule has 1 N–H and O–H groups in total. The number of hydrogen-bond donors (Lipinski definition) is 1. The van der Waals surface area contributed by atoms with Gasteiger partial charge in [-0.2, -0.15) is 0 Å². The van der Waals surface area contributed by atoms with E-state index in [0.717, 1.165) is 5.56 Å². The first-order valence-corrected chi connectivity index (χ1v) is 12.5. The summed E-state index contributed by atoms with van der Waals surface area (Å²) in [6.45, 7) is 2.73. The predicted molar refractivity (Wildman–Crippen MR) is 134 cm³/mol. The Morgan fingerprint density at radius 2 is 1.83 bits per heavy atom. The molecule has 0 aliphatic carbocycles. The summed E-state index contributed by atoms with van der Waals surface area (Å²) in [4.78, 5) is 43.5. The van der Waals surface area contributed by atoms with Crippen LogP contribution in [0.2, 0.25) is 5.02 Å². The summed E-state index contributed by atoms with van der Waals surface area (Å²) < 4.78 is 3.61. The van der Waals surface area contributed by atoms with Gasteiger partial charge in [0.2, 0.25) is 0 Å². The molecule has 5 rings (SSSR count). The highest BCUT2D eigenvalue weighted by Crippen LogP contribution is 2.29. The molecule has 0 spiro atoms. The van der Waals surface area contributed by atoms with Crippen molar-refractivity contribution in [1.29, 1.82) is 0 Å². The lowest BCUT2D eigenvalue weighted by Crippen LogP contribution is -2.42.